The quantitative estimate of drug-likeness (QED) is 0.435. The zero-order chi connectivity index (χ0) is 5.21. The first-order valence-electron chi connectivity index (χ1n) is 1.03. The molecule has 0 saturated carbocycles. The minimum atomic E-state index is -4.80. The molecule has 44 valence electrons. The van der Waals surface area contributed by atoms with Gasteiger partial charge in [0.05, 0.1) is 0 Å². The molecule has 0 aromatic rings. The molecule has 0 fully saturated rings. The molecule has 2 radical (unpaired) electrons. The van der Waals surface area contributed by atoms with Gasteiger partial charge >= 0.3 is 33.0 Å². The summed E-state index contributed by atoms with van der Waals surface area (Å²) in [5, 5.41) is 0. The first-order valence-corrected chi connectivity index (χ1v) is 2.78. The summed E-state index contributed by atoms with van der Waals surface area (Å²) >= 11 is 0. The van der Waals surface area contributed by atoms with E-state index in [-0.39, 0.29) is 23.9 Å². The summed E-state index contributed by atoms with van der Waals surface area (Å²) in [6.07, 6.45) is 0. The van der Waals surface area contributed by atoms with Gasteiger partial charge in [-0.25, -0.2) is 0 Å². The van der Waals surface area contributed by atoms with Crippen LogP contribution in [0.25, 0.3) is 0 Å². The second kappa shape index (κ2) is 3.75. The van der Waals surface area contributed by atoms with Crippen LogP contribution in [0.3, 0.4) is 0 Å². The number of hydrogen-bond acceptors (Lipinski definition) is 4. The van der Waals surface area contributed by atoms with Gasteiger partial charge in [0.1, 0.15) is 0 Å². The minimum absolute atomic E-state index is 0. The molecule has 0 amide bonds. The second-order valence-electron chi connectivity index (χ2n) is 0.651. The van der Waals surface area contributed by atoms with Crippen LogP contribution in [-0.4, -0.2) is 47.3 Å². The molecule has 0 atom stereocenters. The molecule has 0 aromatic heterocycles. The second-order valence-corrected chi connectivity index (χ2v) is 1.95. The Bertz CT molecular complexity index is 41.4. The summed E-state index contributed by atoms with van der Waals surface area (Å²) in [4.78, 5) is 22.4. The van der Waals surface area contributed by atoms with E-state index in [0.29, 0.717) is 0 Å². The van der Waals surface area contributed by atoms with Gasteiger partial charge in [-0.15, -0.1) is 0 Å². The monoisotopic (exact) mass is 236 g/mol. The molecule has 0 spiro atoms. The van der Waals surface area contributed by atoms with Gasteiger partial charge in [-0.3, -0.25) is 0 Å². The van der Waals surface area contributed by atoms with E-state index < -0.39 is 9.05 Å². The third-order valence-corrected chi connectivity index (χ3v) is 0.311. The van der Waals surface area contributed by atoms with Crippen molar-refractivity contribution >= 4 is 33.0 Å². The van der Waals surface area contributed by atoms with Crippen molar-refractivity contribution in [1.82, 2.24) is 0 Å². The normalized spacial score (nSPS) is 10.3. The molecule has 0 rings (SSSR count). The van der Waals surface area contributed by atoms with Crippen molar-refractivity contribution in [3.63, 3.8) is 0 Å². The predicted molar refractivity (Wildman–Crippen MR) is 23.1 cm³/mol. The van der Waals surface area contributed by atoms with Crippen LogP contribution >= 0.6 is 0 Å². The fraction of sp³-hybridized carbons (Fsp3) is 0. The van der Waals surface area contributed by atoms with Crippen molar-refractivity contribution < 1.29 is 23.5 Å². The van der Waals surface area contributed by atoms with Crippen molar-refractivity contribution in [2.24, 2.45) is 0 Å². The van der Waals surface area contributed by atoms with Crippen LogP contribution in [0.15, 0.2) is 0 Å². The van der Waals surface area contributed by atoms with Crippen LogP contribution in [0.1, 0.15) is 0 Å². The molecule has 0 aromatic carbocycles. The van der Waals surface area contributed by atoms with E-state index in [1.807, 2.05) is 0 Å². The Morgan fingerprint density at radius 3 is 1.43 bits per heavy atom. The van der Waals surface area contributed by atoms with Crippen LogP contribution in [0.4, 0.5) is 4.53 Å². The Morgan fingerprint density at radius 2 is 1.43 bits per heavy atom. The van der Waals surface area contributed by atoms with Crippen molar-refractivity contribution in [2.45, 2.75) is 0 Å². The Labute approximate surface area is 56.9 Å². The van der Waals surface area contributed by atoms with E-state index in [0.717, 1.165) is 0 Å². The SMILES string of the molecule is O[Si](O)(O)OF.[SnH2]. The maximum atomic E-state index is 10.3. The first kappa shape index (κ1) is 10.7. The summed E-state index contributed by atoms with van der Waals surface area (Å²) in [5.74, 6) is 0. The van der Waals surface area contributed by atoms with Gasteiger partial charge in [-0.1, -0.05) is 4.53 Å². The van der Waals surface area contributed by atoms with Crippen molar-refractivity contribution in [1.29, 1.82) is 0 Å². The molecule has 7 heavy (non-hydrogen) atoms. The topological polar surface area (TPSA) is 69.9 Å². The van der Waals surface area contributed by atoms with Crippen LogP contribution in [0.2, 0.25) is 0 Å². The molecule has 0 unspecified atom stereocenters. The molecular formula is H5FO4SiSn. The standard InChI is InChI=1S/FH3O4Si.Sn.2H/c1-5-6(2,3)4;;;/h2-4H;;;. The summed E-state index contributed by atoms with van der Waals surface area (Å²) in [5.41, 5.74) is 0. The fourth-order valence-electron chi connectivity index (χ4n) is 0. The molecule has 7 heteroatoms. The summed E-state index contributed by atoms with van der Waals surface area (Å²) in [6, 6.07) is 0. The van der Waals surface area contributed by atoms with E-state index in [2.05, 4.69) is 4.63 Å². The van der Waals surface area contributed by atoms with Gasteiger partial charge in [0.2, 0.25) is 0 Å². The Balaban J connectivity index is 0. The number of rotatable bonds is 1. The van der Waals surface area contributed by atoms with Gasteiger partial charge in [0.25, 0.3) is 0 Å². The van der Waals surface area contributed by atoms with Crippen LogP contribution < -0.4 is 0 Å². The first-order chi connectivity index (χ1) is 2.56. The van der Waals surface area contributed by atoms with Crippen molar-refractivity contribution in [2.75, 3.05) is 0 Å². The molecule has 0 saturated heterocycles. The average molecular weight is 235 g/mol. The molecule has 0 bridgehead atoms. The zero-order valence-electron chi connectivity index (χ0n) is 3.33. The predicted octanol–water partition coefficient (Wildman–Crippen LogP) is -2.62. The molecule has 0 aliphatic carbocycles. The van der Waals surface area contributed by atoms with Crippen molar-refractivity contribution in [3.05, 3.63) is 0 Å². The van der Waals surface area contributed by atoms with Gasteiger partial charge in [-0.05, 0) is 0 Å². The van der Waals surface area contributed by atoms with Crippen LogP contribution in [0, 0.1) is 0 Å². The van der Waals surface area contributed by atoms with Gasteiger partial charge < -0.3 is 14.4 Å². The number of halogens is 1. The van der Waals surface area contributed by atoms with E-state index in [4.69, 9.17) is 14.4 Å². The average Bonchev–Trinajstić information content (AvgIpc) is 1.35. The third-order valence-electron chi connectivity index (χ3n) is 0.104. The Hall–Kier alpha value is 0.786. The fourth-order valence-corrected chi connectivity index (χ4v) is 0. The van der Waals surface area contributed by atoms with Gasteiger partial charge in [0, 0.05) is 0 Å². The summed E-state index contributed by atoms with van der Waals surface area (Å²) in [6.45, 7) is 0. The zero-order valence-corrected chi connectivity index (χ0v) is 8.37. The summed E-state index contributed by atoms with van der Waals surface area (Å²) in [7, 11) is -4.80. The number of hydrogen-bond donors (Lipinski definition) is 3. The molecule has 0 aliphatic heterocycles. The molecular weight excluding hydrogens is 230 g/mol. The molecule has 4 nitrogen and oxygen atoms in total. The third kappa shape index (κ3) is 10.8. The Morgan fingerprint density at radius 1 is 1.29 bits per heavy atom. The Kier molecular flexibility index (Phi) is 5.73. The van der Waals surface area contributed by atoms with Gasteiger partial charge in [-0.2, -0.15) is 4.63 Å². The van der Waals surface area contributed by atoms with E-state index in [1.54, 1.807) is 0 Å². The maximum absolute atomic E-state index is 10.3. The van der Waals surface area contributed by atoms with Crippen LogP contribution in [-0.2, 0) is 4.63 Å². The summed E-state index contributed by atoms with van der Waals surface area (Å²) < 4.78 is 12.6. The molecule has 0 aliphatic rings. The molecule has 3 N–H and O–H groups in total. The van der Waals surface area contributed by atoms with E-state index >= 15 is 0 Å². The van der Waals surface area contributed by atoms with Crippen molar-refractivity contribution in [3.8, 4) is 0 Å². The van der Waals surface area contributed by atoms with E-state index in [1.165, 1.54) is 0 Å². The van der Waals surface area contributed by atoms with E-state index in [9.17, 15) is 4.53 Å². The van der Waals surface area contributed by atoms with Gasteiger partial charge in [0.15, 0.2) is 0 Å². The molecule has 0 heterocycles. The van der Waals surface area contributed by atoms with Crippen LogP contribution in [0.5, 0.6) is 0 Å².